The number of thioether (sulfide) groups is 1. The molecule has 0 rings (SSSR count). The summed E-state index contributed by atoms with van der Waals surface area (Å²) in [6.45, 7) is 3.54. The van der Waals surface area contributed by atoms with Crippen LogP contribution in [0.15, 0.2) is 0 Å². The molecule has 0 saturated carbocycles. The van der Waals surface area contributed by atoms with Gasteiger partial charge in [0.15, 0.2) is 0 Å². The number of hydrogen-bond donors (Lipinski definition) is 2. The Labute approximate surface area is 103 Å². The van der Waals surface area contributed by atoms with Gasteiger partial charge in [-0.15, -0.1) is 12.4 Å². The Morgan fingerprint density at radius 2 is 2.07 bits per heavy atom. The van der Waals surface area contributed by atoms with Crippen LogP contribution in [0.1, 0.15) is 32.6 Å². The van der Waals surface area contributed by atoms with Crippen LogP contribution in [0.2, 0.25) is 0 Å². The van der Waals surface area contributed by atoms with Crippen molar-refractivity contribution < 1.29 is 4.79 Å². The van der Waals surface area contributed by atoms with Gasteiger partial charge in [0, 0.05) is 18.7 Å². The molecule has 0 aromatic rings. The molecule has 0 aromatic heterocycles. The van der Waals surface area contributed by atoms with E-state index in [0.717, 1.165) is 18.7 Å². The molecule has 5 heteroatoms. The maximum absolute atomic E-state index is 11.2. The first-order valence-corrected chi connectivity index (χ1v) is 6.51. The Hall–Kier alpha value is 0.0700. The molecule has 0 aliphatic heterocycles. The second-order valence-corrected chi connectivity index (χ2v) is 4.43. The molecule has 1 amide bonds. The zero-order valence-corrected chi connectivity index (χ0v) is 11.1. The van der Waals surface area contributed by atoms with E-state index in [4.69, 9.17) is 5.73 Å². The monoisotopic (exact) mass is 254 g/mol. The van der Waals surface area contributed by atoms with Gasteiger partial charge in [0.05, 0.1) is 0 Å². The van der Waals surface area contributed by atoms with Gasteiger partial charge in [0.2, 0.25) is 5.91 Å². The second kappa shape index (κ2) is 14.1. The number of nitrogens with one attached hydrogen (secondary N) is 1. The van der Waals surface area contributed by atoms with E-state index in [1.807, 2.05) is 11.8 Å². The second-order valence-electron chi connectivity index (χ2n) is 3.21. The molecule has 0 bridgehead atoms. The molecule has 3 nitrogen and oxygen atoms in total. The van der Waals surface area contributed by atoms with E-state index in [0.29, 0.717) is 13.0 Å². The fourth-order valence-electron chi connectivity index (χ4n) is 0.932. The highest BCUT2D eigenvalue weighted by molar-refractivity contribution is 7.99. The minimum absolute atomic E-state index is 0. The molecule has 0 aromatic carbocycles. The van der Waals surface area contributed by atoms with Gasteiger partial charge in [-0.3, -0.25) is 4.79 Å². The predicted molar refractivity (Wildman–Crippen MR) is 70.8 cm³/mol. The smallest absolute Gasteiger partial charge is 0.220 e. The van der Waals surface area contributed by atoms with Crippen LogP contribution in [0.3, 0.4) is 0 Å². The van der Waals surface area contributed by atoms with Crippen molar-refractivity contribution in [3.8, 4) is 0 Å². The summed E-state index contributed by atoms with van der Waals surface area (Å²) in [5.41, 5.74) is 5.31. The van der Waals surface area contributed by atoms with Crippen LogP contribution in [0, 0.1) is 0 Å². The molecule has 0 atom stereocenters. The number of unbranched alkanes of at least 4 members (excludes halogenated alkanes) is 1. The summed E-state index contributed by atoms with van der Waals surface area (Å²) in [5, 5.41) is 2.84. The number of halogens is 1. The Kier molecular flexibility index (Phi) is 16.4. The average molecular weight is 255 g/mol. The molecule has 0 unspecified atom stereocenters. The zero-order valence-electron chi connectivity index (χ0n) is 9.46. The van der Waals surface area contributed by atoms with Crippen LogP contribution in [-0.4, -0.2) is 30.5 Å². The number of carbonyl (C=O) groups excluding carboxylic acids is 1. The number of nitrogens with two attached hydrogens (primary N) is 1. The van der Waals surface area contributed by atoms with Crippen molar-refractivity contribution in [3.05, 3.63) is 0 Å². The topological polar surface area (TPSA) is 55.1 Å². The quantitative estimate of drug-likeness (QED) is 0.617. The lowest BCUT2D eigenvalue weighted by atomic mass is 10.4. The fraction of sp³-hybridized carbons (Fsp3) is 0.900. The maximum atomic E-state index is 11.2. The van der Waals surface area contributed by atoms with E-state index in [9.17, 15) is 4.79 Å². The Morgan fingerprint density at radius 1 is 1.33 bits per heavy atom. The highest BCUT2D eigenvalue weighted by Gasteiger charge is 1.99. The average Bonchev–Trinajstić information content (AvgIpc) is 2.18. The van der Waals surface area contributed by atoms with Crippen molar-refractivity contribution in [2.24, 2.45) is 5.73 Å². The third-order valence-electron chi connectivity index (χ3n) is 1.82. The van der Waals surface area contributed by atoms with Gasteiger partial charge in [0.1, 0.15) is 0 Å². The molecule has 0 aliphatic rings. The van der Waals surface area contributed by atoms with E-state index in [2.05, 4.69) is 12.2 Å². The van der Waals surface area contributed by atoms with E-state index >= 15 is 0 Å². The molecule has 0 radical (unpaired) electrons. The normalized spacial score (nSPS) is 9.47. The number of amides is 1. The Morgan fingerprint density at radius 3 is 2.67 bits per heavy atom. The summed E-state index contributed by atoms with van der Waals surface area (Å²) < 4.78 is 0. The van der Waals surface area contributed by atoms with Gasteiger partial charge in [-0.1, -0.05) is 13.3 Å². The molecule has 0 saturated heterocycles. The molecule has 15 heavy (non-hydrogen) atoms. The molecule has 92 valence electrons. The summed E-state index contributed by atoms with van der Waals surface area (Å²) in [5.74, 6) is 2.27. The van der Waals surface area contributed by atoms with Gasteiger partial charge in [-0.05, 0) is 25.1 Å². The molecular weight excluding hydrogens is 232 g/mol. The zero-order chi connectivity index (χ0) is 10.6. The molecule has 0 spiro atoms. The van der Waals surface area contributed by atoms with Crippen LogP contribution in [0.5, 0.6) is 0 Å². The highest BCUT2D eigenvalue weighted by Crippen LogP contribution is 2.05. The first-order chi connectivity index (χ1) is 6.81. The summed E-state index contributed by atoms with van der Waals surface area (Å²) in [4.78, 5) is 11.2. The van der Waals surface area contributed by atoms with E-state index in [1.165, 1.54) is 18.6 Å². The largest absolute Gasteiger partial charge is 0.356 e. The van der Waals surface area contributed by atoms with Gasteiger partial charge >= 0.3 is 0 Å². The summed E-state index contributed by atoms with van der Waals surface area (Å²) in [7, 11) is 0. The molecule has 3 N–H and O–H groups in total. The predicted octanol–water partition coefficient (Wildman–Crippen LogP) is 1.80. The lowest BCUT2D eigenvalue weighted by Crippen LogP contribution is -2.26. The van der Waals surface area contributed by atoms with Crippen molar-refractivity contribution in [1.82, 2.24) is 5.32 Å². The van der Waals surface area contributed by atoms with E-state index in [1.54, 1.807) is 0 Å². The minimum atomic E-state index is 0. The van der Waals surface area contributed by atoms with E-state index < -0.39 is 0 Å². The highest BCUT2D eigenvalue weighted by atomic mass is 35.5. The summed E-state index contributed by atoms with van der Waals surface area (Å²) in [6.07, 6.45) is 3.99. The van der Waals surface area contributed by atoms with Crippen LogP contribution >= 0.6 is 24.2 Å². The Balaban J connectivity index is 0. The van der Waals surface area contributed by atoms with Gasteiger partial charge in [0.25, 0.3) is 0 Å². The van der Waals surface area contributed by atoms with Crippen LogP contribution in [0.4, 0.5) is 0 Å². The third kappa shape index (κ3) is 14.1. The van der Waals surface area contributed by atoms with Crippen molar-refractivity contribution >= 4 is 30.1 Å². The number of carbonyl (C=O) groups is 1. The van der Waals surface area contributed by atoms with Crippen molar-refractivity contribution in [3.63, 3.8) is 0 Å². The van der Waals surface area contributed by atoms with Crippen molar-refractivity contribution in [2.75, 3.05) is 24.6 Å². The fourth-order valence-corrected chi connectivity index (χ4v) is 1.96. The van der Waals surface area contributed by atoms with E-state index in [-0.39, 0.29) is 18.3 Å². The number of rotatable bonds is 9. The van der Waals surface area contributed by atoms with Gasteiger partial charge in [-0.25, -0.2) is 0 Å². The van der Waals surface area contributed by atoms with Crippen molar-refractivity contribution in [2.45, 2.75) is 32.6 Å². The standard InChI is InChI=1S/C10H22N2OS.ClH/c1-2-3-8-14-9-5-10(13)12-7-4-6-11;/h2-9,11H2,1H3,(H,12,13);1H. The SMILES string of the molecule is CCCCSCCC(=O)NCCCN.Cl. The van der Waals surface area contributed by atoms with Crippen LogP contribution in [0.25, 0.3) is 0 Å². The molecular formula is C10H23ClN2OS. The molecule has 0 heterocycles. The van der Waals surface area contributed by atoms with Crippen molar-refractivity contribution in [1.29, 1.82) is 0 Å². The van der Waals surface area contributed by atoms with Gasteiger partial charge < -0.3 is 11.1 Å². The lowest BCUT2D eigenvalue weighted by molar-refractivity contribution is -0.120. The summed E-state index contributed by atoms with van der Waals surface area (Å²) in [6, 6.07) is 0. The third-order valence-corrected chi connectivity index (χ3v) is 2.89. The first-order valence-electron chi connectivity index (χ1n) is 5.35. The summed E-state index contributed by atoms with van der Waals surface area (Å²) >= 11 is 1.86. The molecule has 0 fully saturated rings. The minimum Gasteiger partial charge on any atom is -0.356 e. The van der Waals surface area contributed by atoms with Gasteiger partial charge in [-0.2, -0.15) is 11.8 Å². The Bertz CT molecular complexity index is 147. The maximum Gasteiger partial charge on any atom is 0.220 e. The van der Waals surface area contributed by atoms with Crippen LogP contribution < -0.4 is 11.1 Å². The molecule has 0 aliphatic carbocycles. The lowest BCUT2D eigenvalue weighted by Gasteiger charge is -2.03. The van der Waals surface area contributed by atoms with Crippen LogP contribution in [-0.2, 0) is 4.79 Å². The first kappa shape index (κ1) is 17.5. The number of hydrogen-bond acceptors (Lipinski definition) is 3.